The van der Waals surface area contributed by atoms with E-state index < -0.39 is 0 Å². The molecule has 0 aliphatic carbocycles. The second-order valence-corrected chi connectivity index (χ2v) is 4.61. The number of fused-ring (bicyclic) bond motifs is 1. The van der Waals surface area contributed by atoms with Gasteiger partial charge in [0, 0.05) is 30.5 Å². The van der Waals surface area contributed by atoms with Crippen molar-refractivity contribution < 1.29 is 0 Å². The fourth-order valence-corrected chi connectivity index (χ4v) is 2.12. The van der Waals surface area contributed by atoms with E-state index in [-0.39, 0.29) is 6.04 Å². The van der Waals surface area contributed by atoms with Crippen LogP contribution < -0.4 is 5.32 Å². The normalized spacial score (nSPS) is 12.7. The highest BCUT2D eigenvalue weighted by Gasteiger charge is 2.06. The molecule has 0 fully saturated rings. The lowest BCUT2D eigenvalue weighted by Gasteiger charge is -2.11. The van der Waals surface area contributed by atoms with Crippen molar-refractivity contribution in [1.29, 1.82) is 0 Å². The molecule has 0 bridgehead atoms. The molecule has 0 amide bonds. The van der Waals surface area contributed by atoms with Crippen molar-refractivity contribution in [3.8, 4) is 0 Å². The van der Waals surface area contributed by atoms with Gasteiger partial charge in [0.2, 0.25) is 0 Å². The first-order chi connectivity index (χ1) is 9.33. The van der Waals surface area contributed by atoms with Crippen molar-refractivity contribution in [1.82, 2.24) is 20.3 Å². The van der Waals surface area contributed by atoms with Gasteiger partial charge in [0.05, 0.1) is 11.6 Å². The van der Waals surface area contributed by atoms with Gasteiger partial charge >= 0.3 is 0 Å². The van der Waals surface area contributed by atoms with Crippen molar-refractivity contribution >= 4 is 10.9 Å². The first-order valence-electron chi connectivity index (χ1n) is 6.39. The average molecular weight is 252 g/mol. The molecule has 0 spiro atoms. The highest BCUT2D eigenvalue weighted by atomic mass is 15.0. The number of aromatic amines is 1. The number of hydrogen-bond donors (Lipinski definition) is 2. The smallest absolute Gasteiger partial charge is 0.122 e. The van der Waals surface area contributed by atoms with Gasteiger partial charge < -0.3 is 10.3 Å². The number of imidazole rings is 1. The zero-order valence-electron chi connectivity index (χ0n) is 10.8. The van der Waals surface area contributed by atoms with E-state index in [4.69, 9.17) is 0 Å². The first kappa shape index (κ1) is 11.9. The summed E-state index contributed by atoms with van der Waals surface area (Å²) in [5, 5.41) is 4.63. The summed E-state index contributed by atoms with van der Waals surface area (Å²) >= 11 is 0. The van der Waals surface area contributed by atoms with Crippen molar-refractivity contribution in [3.05, 3.63) is 60.3 Å². The zero-order chi connectivity index (χ0) is 13.1. The monoisotopic (exact) mass is 252 g/mol. The molecule has 2 aromatic heterocycles. The van der Waals surface area contributed by atoms with Crippen molar-refractivity contribution in [3.63, 3.8) is 0 Å². The standard InChI is InChI=1S/C15H16N4/c1-11(15-17-7-8-18-15)19-10-12-4-5-14-13(9-12)3-2-6-16-14/h2-9,11,19H,10H2,1H3,(H,17,18). The summed E-state index contributed by atoms with van der Waals surface area (Å²) in [6.07, 6.45) is 5.43. The van der Waals surface area contributed by atoms with Crippen LogP contribution in [0.4, 0.5) is 0 Å². The number of benzene rings is 1. The Bertz CT molecular complexity index is 661. The topological polar surface area (TPSA) is 53.6 Å². The minimum absolute atomic E-state index is 0.208. The minimum Gasteiger partial charge on any atom is -0.347 e. The molecule has 4 nitrogen and oxygen atoms in total. The number of hydrogen-bond acceptors (Lipinski definition) is 3. The van der Waals surface area contributed by atoms with Crippen LogP contribution in [-0.2, 0) is 6.54 Å². The molecule has 96 valence electrons. The predicted molar refractivity (Wildman–Crippen MR) is 75.6 cm³/mol. The third-order valence-corrected chi connectivity index (χ3v) is 3.21. The minimum atomic E-state index is 0.208. The molecule has 2 N–H and O–H groups in total. The molecule has 1 aromatic carbocycles. The summed E-state index contributed by atoms with van der Waals surface area (Å²) in [4.78, 5) is 11.7. The van der Waals surface area contributed by atoms with Crippen LogP contribution in [0.2, 0.25) is 0 Å². The second-order valence-electron chi connectivity index (χ2n) is 4.61. The lowest BCUT2D eigenvalue weighted by Crippen LogP contribution is -2.19. The zero-order valence-corrected chi connectivity index (χ0v) is 10.8. The molecule has 4 heteroatoms. The molecule has 0 aliphatic heterocycles. The molecule has 0 saturated heterocycles. The van der Waals surface area contributed by atoms with Gasteiger partial charge in [-0.1, -0.05) is 12.1 Å². The molecule has 1 atom stereocenters. The molecule has 3 aromatic rings. The Morgan fingerprint density at radius 1 is 1.21 bits per heavy atom. The van der Waals surface area contributed by atoms with E-state index in [1.165, 1.54) is 10.9 Å². The van der Waals surface area contributed by atoms with E-state index in [2.05, 4.69) is 51.5 Å². The summed E-state index contributed by atoms with van der Waals surface area (Å²) in [5.74, 6) is 0.961. The van der Waals surface area contributed by atoms with Gasteiger partial charge in [-0.2, -0.15) is 0 Å². The summed E-state index contributed by atoms with van der Waals surface area (Å²) in [6.45, 7) is 2.91. The maximum atomic E-state index is 4.32. The summed E-state index contributed by atoms with van der Waals surface area (Å²) in [5.41, 5.74) is 2.28. The van der Waals surface area contributed by atoms with Crippen molar-refractivity contribution in [2.24, 2.45) is 0 Å². The molecule has 0 radical (unpaired) electrons. The Balaban J connectivity index is 1.71. The fourth-order valence-electron chi connectivity index (χ4n) is 2.12. The molecule has 3 rings (SSSR count). The number of H-pyrrole nitrogens is 1. The first-order valence-corrected chi connectivity index (χ1v) is 6.39. The number of pyridine rings is 1. The predicted octanol–water partition coefficient (Wildman–Crippen LogP) is 2.81. The maximum Gasteiger partial charge on any atom is 0.122 e. The van der Waals surface area contributed by atoms with Gasteiger partial charge in [0.25, 0.3) is 0 Å². The fraction of sp³-hybridized carbons (Fsp3) is 0.200. The largest absolute Gasteiger partial charge is 0.347 e. The van der Waals surface area contributed by atoms with Crippen LogP contribution >= 0.6 is 0 Å². The van der Waals surface area contributed by atoms with E-state index in [0.29, 0.717) is 0 Å². The van der Waals surface area contributed by atoms with Gasteiger partial charge in [0.1, 0.15) is 5.82 Å². The van der Waals surface area contributed by atoms with Crippen LogP contribution in [0.3, 0.4) is 0 Å². The molecule has 19 heavy (non-hydrogen) atoms. The SMILES string of the molecule is CC(NCc1ccc2ncccc2c1)c1ncc[nH]1. The van der Waals surface area contributed by atoms with E-state index >= 15 is 0 Å². The van der Waals surface area contributed by atoms with Crippen LogP contribution in [0, 0.1) is 0 Å². The molecular formula is C15H16N4. The average Bonchev–Trinajstić information content (AvgIpc) is 2.99. The van der Waals surface area contributed by atoms with Crippen molar-refractivity contribution in [2.75, 3.05) is 0 Å². The van der Waals surface area contributed by atoms with Gasteiger partial charge in [-0.3, -0.25) is 4.98 Å². The Kier molecular flexibility index (Phi) is 3.25. The highest BCUT2D eigenvalue weighted by molar-refractivity contribution is 5.78. The maximum absolute atomic E-state index is 4.32. The van der Waals surface area contributed by atoms with Crippen LogP contribution in [0.1, 0.15) is 24.4 Å². The third kappa shape index (κ3) is 2.63. The molecule has 1 unspecified atom stereocenters. The van der Waals surface area contributed by atoms with Gasteiger partial charge in [-0.25, -0.2) is 4.98 Å². The van der Waals surface area contributed by atoms with E-state index in [1.807, 2.05) is 18.5 Å². The van der Waals surface area contributed by atoms with E-state index in [1.54, 1.807) is 6.20 Å². The second kappa shape index (κ2) is 5.20. The third-order valence-electron chi connectivity index (χ3n) is 3.21. The Morgan fingerprint density at radius 3 is 3.00 bits per heavy atom. The van der Waals surface area contributed by atoms with E-state index in [9.17, 15) is 0 Å². The Morgan fingerprint density at radius 2 is 2.16 bits per heavy atom. The quantitative estimate of drug-likeness (QED) is 0.750. The number of rotatable bonds is 4. The van der Waals surface area contributed by atoms with Gasteiger partial charge in [0.15, 0.2) is 0 Å². The summed E-state index contributed by atoms with van der Waals surface area (Å²) in [7, 11) is 0. The van der Waals surface area contributed by atoms with Crippen LogP contribution in [0.25, 0.3) is 10.9 Å². The summed E-state index contributed by atoms with van der Waals surface area (Å²) in [6, 6.07) is 10.6. The van der Waals surface area contributed by atoms with Crippen LogP contribution in [-0.4, -0.2) is 15.0 Å². The number of nitrogens with one attached hydrogen (secondary N) is 2. The highest BCUT2D eigenvalue weighted by Crippen LogP contribution is 2.14. The lowest BCUT2D eigenvalue weighted by molar-refractivity contribution is 0.551. The Hall–Kier alpha value is -2.20. The lowest BCUT2D eigenvalue weighted by atomic mass is 10.1. The van der Waals surface area contributed by atoms with E-state index in [0.717, 1.165) is 17.9 Å². The molecule has 0 saturated carbocycles. The Labute approximate surface area is 111 Å². The van der Waals surface area contributed by atoms with Crippen molar-refractivity contribution in [2.45, 2.75) is 19.5 Å². The molecular weight excluding hydrogens is 236 g/mol. The van der Waals surface area contributed by atoms with Crippen LogP contribution in [0.15, 0.2) is 48.9 Å². The molecule has 2 heterocycles. The number of aromatic nitrogens is 3. The molecule has 0 aliphatic rings. The van der Waals surface area contributed by atoms with Gasteiger partial charge in [-0.05, 0) is 30.7 Å². The number of nitrogens with zero attached hydrogens (tertiary/aromatic N) is 2. The summed E-state index contributed by atoms with van der Waals surface area (Å²) < 4.78 is 0. The van der Waals surface area contributed by atoms with Gasteiger partial charge in [-0.15, -0.1) is 0 Å². The van der Waals surface area contributed by atoms with Crippen LogP contribution in [0.5, 0.6) is 0 Å².